The number of aryl methyl sites for hydroxylation is 1. The molecule has 1 aromatic heterocycles. The highest BCUT2D eigenvalue weighted by Crippen LogP contribution is 2.09. The Hall–Kier alpha value is -0.800. The molecule has 15 heavy (non-hydrogen) atoms. The smallest absolute Gasteiger partial charge is 0.118 e. The number of rotatable bonds is 5. The molecule has 0 aliphatic heterocycles. The number of nitrogens with zero attached hydrogens (tertiary/aromatic N) is 1. The van der Waals surface area contributed by atoms with E-state index < -0.39 is 0 Å². The molecule has 0 aliphatic carbocycles. The van der Waals surface area contributed by atoms with Crippen molar-refractivity contribution in [2.45, 2.75) is 33.4 Å². The van der Waals surface area contributed by atoms with Crippen molar-refractivity contribution in [3.63, 3.8) is 0 Å². The largest absolute Gasteiger partial charge is 0.465 e. The normalized spacial score (nSPS) is 13.8. The summed E-state index contributed by atoms with van der Waals surface area (Å²) in [5.74, 6) is 2.49. The van der Waals surface area contributed by atoms with Crippen LogP contribution in [-0.2, 0) is 6.54 Å². The van der Waals surface area contributed by atoms with Gasteiger partial charge in [-0.05, 0) is 32.0 Å². The molecule has 1 aromatic rings. The first-order valence-electron chi connectivity index (χ1n) is 5.48. The van der Waals surface area contributed by atoms with Gasteiger partial charge in [-0.3, -0.25) is 4.90 Å². The van der Waals surface area contributed by atoms with Crippen LogP contribution in [0.5, 0.6) is 0 Å². The van der Waals surface area contributed by atoms with E-state index >= 15 is 0 Å². The lowest BCUT2D eigenvalue weighted by Crippen LogP contribution is -2.38. The van der Waals surface area contributed by atoms with Crippen molar-refractivity contribution in [3.8, 4) is 0 Å². The summed E-state index contributed by atoms with van der Waals surface area (Å²) in [4.78, 5) is 2.20. The van der Waals surface area contributed by atoms with Gasteiger partial charge in [0.05, 0.1) is 6.54 Å². The number of hydrogen-bond donors (Lipinski definition) is 1. The van der Waals surface area contributed by atoms with Crippen LogP contribution in [0.2, 0.25) is 0 Å². The predicted octanol–water partition coefficient (Wildman–Crippen LogP) is 2.00. The third-order valence-electron chi connectivity index (χ3n) is 2.60. The highest BCUT2D eigenvalue weighted by atomic mass is 16.3. The molecule has 0 radical (unpaired) electrons. The van der Waals surface area contributed by atoms with Gasteiger partial charge in [0.15, 0.2) is 0 Å². The molecular weight excluding hydrogens is 188 g/mol. The van der Waals surface area contributed by atoms with Gasteiger partial charge in [0.25, 0.3) is 0 Å². The standard InChI is InChI=1S/C12H22N2O/c1-9(2)12(13)8-14(4)7-11-6-5-10(3)15-11/h5-6,9,12H,7-8,13H2,1-4H3. The second kappa shape index (κ2) is 5.33. The van der Waals surface area contributed by atoms with Crippen LogP contribution in [0.1, 0.15) is 25.4 Å². The van der Waals surface area contributed by atoms with Crippen LogP contribution in [0.3, 0.4) is 0 Å². The SMILES string of the molecule is Cc1ccc(CN(C)CC(N)C(C)C)o1. The molecule has 0 aromatic carbocycles. The first kappa shape index (κ1) is 12.3. The quantitative estimate of drug-likeness (QED) is 0.808. The van der Waals surface area contributed by atoms with Crippen LogP contribution in [0.4, 0.5) is 0 Å². The van der Waals surface area contributed by atoms with Crippen molar-refractivity contribution in [2.75, 3.05) is 13.6 Å². The fourth-order valence-electron chi connectivity index (χ4n) is 1.47. The fraction of sp³-hybridized carbons (Fsp3) is 0.667. The molecule has 3 nitrogen and oxygen atoms in total. The van der Waals surface area contributed by atoms with Gasteiger partial charge < -0.3 is 10.2 Å². The summed E-state index contributed by atoms with van der Waals surface area (Å²) in [6.45, 7) is 7.99. The Labute approximate surface area is 92.2 Å². The number of furan rings is 1. The summed E-state index contributed by atoms with van der Waals surface area (Å²) in [5, 5.41) is 0. The van der Waals surface area contributed by atoms with Crippen molar-refractivity contribution in [3.05, 3.63) is 23.7 Å². The second-order valence-electron chi connectivity index (χ2n) is 4.62. The molecule has 0 saturated carbocycles. The van der Waals surface area contributed by atoms with Crippen LogP contribution in [-0.4, -0.2) is 24.5 Å². The van der Waals surface area contributed by atoms with E-state index in [0.29, 0.717) is 5.92 Å². The van der Waals surface area contributed by atoms with E-state index in [2.05, 4.69) is 25.8 Å². The summed E-state index contributed by atoms with van der Waals surface area (Å²) < 4.78 is 5.51. The van der Waals surface area contributed by atoms with Crippen LogP contribution in [0.25, 0.3) is 0 Å². The van der Waals surface area contributed by atoms with Crippen molar-refractivity contribution in [1.29, 1.82) is 0 Å². The average molecular weight is 210 g/mol. The summed E-state index contributed by atoms with van der Waals surface area (Å²) >= 11 is 0. The minimum Gasteiger partial charge on any atom is -0.465 e. The molecule has 0 amide bonds. The van der Waals surface area contributed by atoms with E-state index in [4.69, 9.17) is 10.2 Å². The molecule has 0 bridgehead atoms. The van der Waals surface area contributed by atoms with Gasteiger partial charge in [-0.2, -0.15) is 0 Å². The first-order chi connectivity index (χ1) is 6.99. The Kier molecular flexibility index (Phi) is 4.36. The molecule has 1 unspecified atom stereocenters. The topological polar surface area (TPSA) is 42.4 Å². The van der Waals surface area contributed by atoms with Gasteiger partial charge in [-0.25, -0.2) is 0 Å². The summed E-state index contributed by atoms with van der Waals surface area (Å²) in [6.07, 6.45) is 0. The minimum atomic E-state index is 0.228. The van der Waals surface area contributed by atoms with Gasteiger partial charge in [0.1, 0.15) is 11.5 Å². The summed E-state index contributed by atoms with van der Waals surface area (Å²) in [7, 11) is 2.07. The zero-order valence-electron chi connectivity index (χ0n) is 10.2. The van der Waals surface area contributed by atoms with Gasteiger partial charge in [0.2, 0.25) is 0 Å². The Morgan fingerprint density at radius 2 is 2.07 bits per heavy atom. The second-order valence-corrected chi connectivity index (χ2v) is 4.62. The maximum atomic E-state index is 6.00. The molecule has 3 heteroatoms. The molecule has 86 valence electrons. The van der Waals surface area contributed by atoms with Crippen molar-refractivity contribution in [1.82, 2.24) is 4.90 Å². The minimum absolute atomic E-state index is 0.228. The maximum absolute atomic E-state index is 6.00. The van der Waals surface area contributed by atoms with Crippen molar-refractivity contribution < 1.29 is 4.42 Å². The molecule has 0 aliphatic rings. The first-order valence-corrected chi connectivity index (χ1v) is 5.48. The third-order valence-corrected chi connectivity index (χ3v) is 2.60. The lowest BCUT2D eigenvalue weighted by atomic mass is 10.1. The molecule has 1 heterocycles. The van der Waals surface area contributed by atoms with E-state index in [1.807, 2.05) is 19.1 Å². The van der Waals surface area contributed by atoms with Crippen LogP contribution >= 0.6 is 0 Å². The van der Waals surface area contributed by atoms with Crippen LogP contribution in [0, 0.1) is 12.8 Å². The van der Waals surface area contributed by atoms with Gasteiger partial charge in [0, 0.05) is 12.6 Å². The van der Waals surface area contributed by atoms with E-state index in [1.54, 1.807) is 0 Å². The van der Waals surface area contributed by atoms with Crippen LogP contribution in [0.15, 0.2) is 16.5 Å². The molecule has 0 spiro atoms. The Morgan fingerprint density at radius 1 is 1.40 bits per heavy atom. The van der Waals surface area contributed by atoms with Crippen molar-refractivity contribution >= 4 is 0 Å². The predicted molar refractivity (Wildman–Crippen MR) is 62.6 cm³/mol. The molecule has 2 N–H and O–H groups in total. The maximum Gasteiger partial charge on any atom is 0.118 e. The van der Waals surface area contributed by atoms with Gasteiger partial charge in [-0.1, -0.05) is 13.8 Å². The number of nitrogens with two attached hydrogens (primary N) is 1. The Balaban J connectivity index is 2.39. The van der Waals surface area contributed by atoms with Crippen LogP contribution < -0.4 is 5.73 Å². The van der Waals surface area contributed by atoms with E-state index in [0.717, 1.165) is 24.6 Å². The number of likely N-dealkylation sites (N-methyl/N-ethyl adjacent to an activating group) is 1. The summed E-state index contributed by atoms with van der Waals surface area (Å²) in [6, 6.07) is 4.24. The average Bonchev–Trinajstić information content (AvgIpc) is 2.50. The van der Waals surface area contributed by atoms with Crippen molar-refractivity contribution in [2.24, 2.45) is 11.7 Å². The molecule has 0 fully saturated rings. The lowest BCUT2D eigenvalue weighted by molar-refractivity contribution is 0.255. The highest BCUT2D eigenvalue weighted by Gasteiger charge is 2.11. The van der Waals surface area contributed by atoms with Gasteiger partial charge >= 0.3 is 0 Å². The molecule has 1 atom stereocenters. The Bertz CT molecular complexity index is 294. The Morgan fingerprint density at radius 3 is 2.53 bits per heavy atom. The zero-order chi connectivity index (χ0) is 11.4. The van der Waals surface area contributed by atoms with E-state index in [9.17, 15) is 0 Å². The summed E-state index contributed by atoms with van der Waals surface area (Å²) in [5.41, 5.74) is 6.00. The monoisotopic (exact) mass is 210 g/mol. The highest BCUT2D eigenvalue weighted by molar-refractivity contribution is 5.05. The van der Waals surface area contributed by atoms with E-state index in [-0.39, 0.29) is 6.04 Å². The lowest BCUT2D eigenvalue weighted by Gasteiger charge is -2.22. The zero-order valence-corrected chi connectivity index (χ0v) is 10.2. The fourth-order valence-corrected chi connectivity index (χ4v) is 1.47. The third kappa shape index (κ3) is 4.06. The van der Waals surface area contributed by atoms with E-state index in [1.165, 1.54) is 0 Å². The molecule has 1 rings (SSSR count). The molecule has 0 saturated heterocycles. The molecular formula is C12H22N2O. The van der Waals surface area contributed by atoms with Gasteiger partial charge in [-0.15, -0.1) is 0 Å². The number of hydrogen-bond acceptors (Lipinski definition) is 3.